The first-order valence-corrected chi connectivity index (χ1v) is 7.72. The molecule has 0 aromatic carbocycles. The van der Waals surface area contributed by atoms with Crippen molar-refractivity contribution in [2.75, 3.05) is 18.0 Å². The number of carboxylic acids is 1. The van der Waals surface area contributed by atoms with E-state index in [9.17, 15) is 9.59 Å². The van der Waals surface area contributed by atoms with Crippen LogP contribution in [0.4, 0.5) is 5.82 Å². The number of carbonyl (C=O) groups is 2. The third-order valence-corrected chi connectivity index (χ3v) is 3.75. The highest BCUT2D eigenvalue weighted by Crippen LogP contribution is 2.17. The molecule has 0 unspecified atom stereocenters. The Morgan fingerprint density at radius 1 is 1.32 bits per heavy atom. The maximum Gasteiger partial charge on any atom is 0.326 e. The number of carbonyl (C=O) groups excluding carboxylic acids is 1. The van der Waals surface area contributed by atoms with Gasteiger partial charge in [0.25, 0.3) is 5.91 Å². The number of nitrogens with one attached hydrogen (secondary N) is 1. The molecule has 1 atom stereocenters. The number of carboxylic acid groups (broad SMARTS) is 1. The minimum Gasteiger partial charge on any atom is -0.480 e. The second-order valence-corrected chi connectivity index (χ2v) is 6.09. The van der Waals surface area contributed by atoms with Crippen molar-refractivity contribution in [3.8, 4) is 0 Å². The van der Waals surface area contributed by atoms with E-state index in [-0.39, 0.29) is 5.92 Å². The molecule has 1 aromatic rings. The number of hydrogen-bond acceptors (Lipinski definition) is 4. The molecular formula is C16H23N3O3. The fourth-order valence-corrected chi connectivity index (χ4v) is 2.59. The quantitative estimate of drug-likeness (QED) is 0.839. The Hall–Kier alpha value is -2.11. The van der Waals surface area contributed by atoms with Gasteiger partial charge in [0.05, 0.1) is 5.56 Å². The molecule has 2 heterocycles. The van der Waals surface area contributed by atoms with Crippen LogP contribution in [0.15, 0.2) is 18.3 Å². The smallest absolute Gasteiger partial charge is 0.326 e. The first-order valence-electron chi connectivity index (χ1n) is 7.72. The normalized spacial score (nSPS) is 15.9. The van der Waals surface area contributed by atoms with Gasteiger partial charge in [0, 0.05) is 19.3 Å². The zero-order chi connectivity index (χ0) is 16.1. The second-order valence-electron chi connectivity index (χ2n) is 6.09. The van der Waals surface area contributed by atoms with E-state index >= 15 is 0 Å². The van der Waals surface area contributed by atoms with Gasteiger partial charge in [-0.1, -0.05) is 13.8 Å². The van der Waals surface area contributed by atoms with Crippen molar-refractivity contribution in [2.45, 2.75) is 39.2 Å². The van der Waals surface area contributed by atoms with Crippen molar-refractivity contribution in [1.82, 2.24) is 10.3 Å². The largest absolute Gasteiger partial charge is 0.480 e. The molecular weight excluding hydrogens is 282 g/mol. The van der Waals surface area contributed by atoms with Gasteiger partial charge in [0.15, 0.2) is 0 Å². The van der Waals surface area contributed by atoms with Crippen LogP contribution in [0.25, 0.3) is 0 Å². The molecule has 2 rings (SSSR count). The lowest BCUT2D eigenvalue weighted by atomic mass is 10.0. The number of hydrogen-bond donors (Lipinski definition) is 2. The Bertz CT molecular complexity index is 522. The predicted octanol–water partition coefficient (Wildman–Crippen LogP) is 1.91. The van der Waals surface area contributed by atoms with Gasteiger partial charge in [-0.3, -0.25) is 4.79 Å². The van der Waals surface area contributed by atoms with Crippen LogP contribution in [0, 0.1) is 5.92 Å². The monoisotopic (exact) mass is 305 g/mol. The maximum atomic E-state index is 12.1. The maximum absolute atomic E-state index is 12.1. The predicted molar refractivity (Wildman–Crippen MR) is 84.0 cm³/mol. The summed E-state index contributed by atoms with van der Waals surface area (Å²) in [5.41, 5.74) is 0.387. The van der Waals surface area contributed by atoms with E-state index in [1.54, 1.807) is 6.07 Å². The van der Waals surface area contributed by atoms with E-state index in [0.717, 1.165) is 18.9 Å². The van der Waals surface area contributed by atoms with Gasteiger partial charge in [-0.15, -0.1) is 0 Å². The number of aromatic nitrogens is 1. The Kier molecular flexibility index (Phi) is 5.35. The van der Waals surface area contributed by atoms with Crippen molar-refractivity contribution < 1.29 is 14.7 Å². The molecule has 0 spiro atoms. The zero-order valence-electron chi connectivity index (χ0n) is 13.1. The van der Waals surface area contributed by atoms with Gasteiger partial charge < -0.3 is 15.3 Å². The molecule has 1 amide bonds. The molecule has 22 heavy (non-hydrogen) atoms. The third kappa shape index (κ3) is 4.19. The van der Waals surface area contributed by atoms with Gasteiger partial charge >= 0.3 is 5.97 Å². The molecule has 6 heteroatoms. The number of amides is 1. The summed E-state index contributed by atoms with van der Waals surface area (Å²) in [6, 6.07) is 2.65. The van der Waals surface area contributed by atoms with Gasteiger partial charge in [0.1, 0.15) is 11.9 Å². The highest BCUT2D eigenvalue weighted by Gasteiger charge is 2.22. The first kappa shape index (κ1) is 16.3. The van der Waals surface area contributed by atoms with Crippen molar-refractivity contribution in [3.63, 3.8) is 0 Å². The molecule has 1 aliphatic heterocycles. The lowest BCUT2D eigenvalue weighted by molar-refractivity contribution is -0.139. The number of rotatable bonds is 6. The van der Waals surface area contributed by atoms with Crippen molar-refractivity contribution in [2.24, 2.45) is 5.92 Å². The summed E-state index contributed by atoms with van der Waals surface area (Å²) < 4.78 is 0. The number of nitrogens with zero attached hydrogens (tertiary/aromatic N) is 2. The lowest BCUT2D eigenvalue weighted by Crippen LogP contribution is -2.41. The van der Waals surface area contributed by atoms with Crippen LogP contribution < -0.4 is 10.2 Å². The highest BCUT2D eigenvalue weighted by molar-refractivity contribution is 5.96. The summed E-state index contributed by atoms with van der Waals surface area (Å²) in [7, 11) is 0. The van der Waals surface area contributed by atoms with Crippen molar-refractivity contribution in [3.05, 3.63) is 23.9 Å². The van der Waals surface area contributed by atoms with E-state index < -0.39 is 17.9 Å². The van der Waals surface area contributed by atoms with Crippen molar-refractivity contribution >= 4 is 17.7 Å². The average Bonchev–Trinajstić information content (AvgIpc) is 3.00. The Balaban J connectivity index is 2.00. The molecule has 0 saturated carbocycles. The average molecular weight is 305 g/mol. The summed E-state index contributed by atoms with van der Waals surface area (Å²) >= 11 is 0. The highest BCUT2D eigenvalue weighted by atomic mass is 16.4. The minimum atomic E-state index is -1.01. The summed E-state index contributed by atoms with van der Waals surface area (Å²) in [6.07, 6.45) is 4.25. The molecule has 6 nitrogen and oxygen atoms in total. The van der Waals surface area contributed by atoms with Crippen molar-refractivity contribution in [1.29, 1.82) is 0 Å². The van der Waals surface area contributed by atoms with Crippen LogP contribution in [0.1, 0.15) is 43.5 Å². The van der Waals surface area contributed by atoms with E-state index in [1.807, 2.05) is 19.9 Å². The van der Waals surface area contributed by atoms with Crippen LogP contribution in [0.2, 0.25) is 0 Å². The Labute approximate surface area is 130 Å². The Morgan fingerprint density at radius 2 is 2.00 bits per heavy atom. The minimum absolute atomic E-state index is 0.192. The number of anilines is 1. The summed E-state index contributed by atoms with van der Waals surface area (Å²) in [5.74, 6) is -0.347. The standard InChI is InChI=1S/C16H23N3O3/c1-11(2)9-13(16(21)22)18-15(20)12-5-6-14(17-10-12)19-7-3-4-8-19/h5-6,10-11,13H,3-4,7-9H2,1-2H3,(H,18,20)(H,21,22)/t13-/m0/s1. The molecule has 1 fully saturated rings. The second kappa shape index (κ2) is 7.24. The van der Waals surface area contributed by atoms with E-state index in [0.29, 0.717) is 12.0 Å². The summed E-state index contributed by atoms with van der Waals surface area (Å²) in [5, 5.41) is 11.7. The SMILES string of the molecule is CC(C)C[C@H](NC(=O)c1ccc(N2CCCC2)nc1)C(=O)O. The Morgan fingerprint density at radius 3 is 2.50 bits per heavy atom. The van der Waals surface area contributed by atoms with Gasteiger partial charge in [-0.25, -0.2) is 9.78 Å². The van der Waals surface area contributed by atoms with Crippen LogP contribution in [-0.4, -0.2) is 41.1 Å². The summed E-state index contributed by atoms with van der Waals surface area (Å²) in [4.78, 5) is 29.8. The molecule has 2 N–H and O–H groups in total. The van der Waals surface area contributed by atoms with E-state index in [1.165, 1.54) is 19.0 Å². The van der Waals surface area contributed by atoms with E-state index in [2.05, 4.69) is 15.2 Å². The number of pyridine rings is 1. The van der Waals surface area contributed by atoms with Gasteiger partial charge in [-0.2, -0.15) is 0 Å². The molecule has 1 aromatic heterocycles. The van der Waals surface area contributed by atoms with E-state index in [4.69, 9.17) is 5.11 Å². The molecule has 1 saturated heterocycles. The van der Waals surface area contributed by atoms with Crippen LogP contribution in [0.3, 0.4) is 0 Å². The molecule has 0 radical (unpaired) electrons. The zero-order valence-corrected chi connectivity index (χ0v) is 13.1. The molecule has 0 bridgehead atoms. The molecule has 1 aliphatic rings. The first-order chi connectivity index (χ1) is 10.5. The molecule has 0 aliphatic carbocycles. The number of aliphatic carboxylic acids is 1. The summed E-state index contributed by atoms with van der Waals surface area (Å²) in [6.45, 7) is 5.84. The topological polar surface area (TPSA) is 82.5 Å². The van der Waals surface area contributed by atoms with Gasteiger partial charge in [-0.05, 0) is 37.3 Å². The van der Waals surface area contributed by atoms with Crippen LogP contribution in [0.5, 0.6) is 0 Å². The third-order valence-electron chi connectivity index (χ3n) is 3.75. The fourth-order valence-electron chi connectivity index (χ4n) is 2.59. The van der Waals surface area contributed by atoms with Gasteiger partial charge in [0.2, 0.25) is 0 Å². The lowest BCUT2D eigenvalue weighted by Gasteiger charge is -2.18. The van der Waals surface area contributed by atoms with Crippen LogP contribution in [-0.2, 0) is 4.79 Å². The van der Waals surface area contributed by atoms with Crippen LogP contribution >= 0.6 is 0 Å². The fraction of sp³-hybridized carbons (Fsp3) is 0.562. The molecule has 120 valence electrons.